The van der Waals surface area contributed by atoms with Gasteiger partial charge in [0.05, 0.1) is 34.0 Å². The molecule has 3 rings (SSSR count). The highest BCUT2D eigenvalue weighted by Gasteiger charge is 2.38. The van der Waals surface area contributed by atoms with Gasteiger partial charge in [0.1, 0.15) is 0 Å². The fourth-order valence-electron chi connectivity index (χ4n) is 3.38. The van der Waals surface area contributed by atoms with E-state index in [1.54, 1.807) is 6.07 Å². The molecular weight excluding hydrogens is 425 g/mol. The number of esters is 1. The lowest BCUT2D eigenvalue weighted by molar-refractivity contribution is 0.0497. The monoisotopic (exact) mass is 447 g/mol. The van der Waals surface area contributed by atoms with Crippen LogP contribution in [0.3, 0.4) is 0 Å². The number of carbonyl (C=O) groups excluding carboxylic acids is 3. The molecule has 0 atom stereocenters. The number of rotatable bonds is 9. The van der Waals surface area contributed by atoms with E-state index in [4.69, 9.17) is 27.9 Å². The van der Waals surface area contributed by atoms with Crippen LogP contribution in [0.15, 0.2) is 36.4 Å². The molecule has 1 aliphatic heterocycles. The largest absolute Gasteiger partial charge is 0.462 e. The van der Waals surface area contributed by atoms with Crippen molar-refractivity contribution in [2.75, 3.05) is 11.5 Å². The lowest BCUT2D eigenvalue weighted by Gasteiger charge is -2.15. The number of imide groups is 1. The zero-order valence-electron chi connectivity index (χ0n) is 16.7. The Hall–Kier alpha value is -2.37. The third-order valence-electron chi connectivity index (χ3n) is 5.00. The van der Waals surface area contributed by atoms with Crippen molar-refractivity contribution in [3.63, 3.8) is 0 Å². The minimum atomic E-state index is -0.537. The maximum absolute atomic E-state index is 12.9. The third-order valence-corrected chi connectivity index (χ3v) is 5.54. The van der Waals surface area contributed by atoms with Crippen LogP contribution in [0.1, 0.15) is 76.5 Å². The Labute approximate surface area is 185 Å². The van der Waals surface area contributed by atoms with Gasteiger partial charge in [0.25, 0.3) is 11.8 Å². The Balaban J connectivity index is 1.67. The van der Waals surface area contributed by atoms with Gasteiger partial charge in [-0.3, -0.25) is 9.59 Å². The standard InChI is InChI=1S/C23H23Cl2NO4/c1-2-3-4-5-6-7-12-30-23(29)15-8-10-17-18(13-15)22(28)26(21(17)27)20-11-9-16(24)14-19(20)25/h8-11,13-14H,2-7,12H2,1H3. The zero-order chi connectivity index (χ0) is 21.7. The molecule has 158 valence electrons. The molecule has 1 heterocycles. The first kappa shape index (κ1) is 22.3. The number of unbranched alkanes of at least 4 members (excludes halogenated alkanes) is 5. The number of amides is 2. The third kappa shape index (κ3) is 4.85. The molecule has 0 spiro atoms. The average molecular weight is 448 g/mol. The van der Waals surface area contributed by atoms with Crippen LogP contribution in [-0.2, 0) is 4.74 Å². The van der Waals surface area contributed by atoms with Crippen LogP contribution >= 0.6 is 23.2 Å². The topological polar surface area (TPSA) is 63.7 Å². The van der Waals surface area contributed by atoms with Gasteiger partial charge in [0, 0.05) is 5.02 Å². The summed E-state index contributed by atoms with van der Waals surface area (Å²) in [5.41, 5.74) is 0.864. The van der Waals surface area contributed by atoms with E-state index in [0.717, 1.165) is 24.2 Å². The molecule has 0 bridgehead atoms. The van der Waals surface area contributed by atoms with E-state index in [9.17, 15) is 14.4 Å². The van der Waals surface area contributed by atoms with Gasteiger partial charge in [-0.2, -0.15) is 0 Å². The Kier molecular flexibility index (Phi) is 7.51. The van der Waals surface area contributed by atoms with Gasteiger partial charge >= 0.3 is 5.97 Å². The van der Waals surface area contributed by atoms with Crippen LogP contribution < -0.4 is 4.90 Å². The van der Waals surface area contributed by atoms with E-state index in [1.165, 1.54) is 49.6 Å². The number of ether oxygens (including phenoxy) is 1. The number of anilines is 1. The van der Waals surface area contributed by atoms with E-state index in [0.29, 0.717) is 11.6 Å². The Morgan fingerprint density at radius 2 is 1.60 bits per heavy atom. The molecule has 0 N–H and O–H groups in total. The lowest BCUT2D eigenvalue weighted by Crippen LogP contribution is -2.29. The van der Waals surface area contributed by atoms with Gasteiger partial charge in [-0.25, -0.2) is 9.69 Å². The van der Waals surface area contributed by atoms with Gasteiger partial charge in [-0.15, -0.1) is 0 Å². The van der Waals surface area contributed by atoms with Gasteiger partial charge < -0.3 is 4.74 Å². The highest BCUT2D eigenvalue weighted by Crippen LogP contribution is 2.35. The van der Waals surface area contributed by atoms with Crippen LogP contribution in [0.2, 0.25) is 10.0 Å². The summed E-state index contributed by atoms with van der Waals surface area (Å²) in [6.07, 6.45) is 6.56. The second-order valence-corrected chi connectivity index (χ2v) is 8.05. The molecule has 5 nitrogen and oxygen atoms in total. The molecule has 2 aromatic rings. The first-order valence-corrected chi connectivity index (χ1v) is 10.8. The number of hydrogen-bond acceptors (Lipinski definition) is 4. The predicted octanol–water partition coefficient (Wildman–Crippen LogP) is 6.31. The SMILES string of the molecule is CCCCCCCCOC(=O)c1ccc2c(c1)C(=O)N(c1ccc(Cl)cc1Cl)C2=O. The fraction of sp³-hybridized carbons (Fsp3) is 0.348. The normalized spacial score (nSPS) is 13.0. The lowest BCUT2D eigenvalue weighted by atomic mass is 10.1. The maximum Gasteiger partial charge on any atom is 0.338 e. The molecule has 30 heavy (non-hydrogen) atoms. The molecule has 0 fully saturated rings. The average Bonchev–Trinajstić information content (AvgIpc) is 2.97. The molecule has 0 saturated carbocycles. The van der Waals surface area contributed by atoms with E-state index < -0.39 is 17.8 Å². The maximum atomic E-state index is 12.9. The molecule has 0 aromatic heterocycles. The van der Waals surface area contributed by atoms with Crippen molar-refractivity contribution in [3.8, 4) is 0 Å². The van der Waals surface area contributed by atoms with Crippen molar-refractivity contribution in [2.45, 2.75) is 45.4 Å². The Morgan fingerprint density at radius 1 is 0.900 bits per heavy atom. The second-order valence-electron chi connectivity index (χ2n) is 7.21. The van der Waals surface area contributed by atoms with Gasteiger partial charge in [-0.05, 0) is 42.8 Å². The fourth-order valence-corrected chi connectivity index (χ4v) is 3.87. The molecule has 0 aliphatic carbocycles. The summed E-state index contributed by atoms with van der Waals surface area (Å²) in [6, 6.07) is 8.91. The minimum Gasteiger partial charge on any atom is -0.462 e. The van der Waals surface area contributed by atoms with Crippen LogP contribution in [-0.4, -0.2) is 24.4 Å². The van der Waals surface area contributed by atoms with E-state index in [1.807, 2.05) is 0 Å². The summed E-state index contributed by atoms with van der Waals surface area (Å²) in [5, 5.41) is 0.589. The predicted molar refractivity (Wildman–Crippen MR) is 118 cm³/mol. The first-order chi connectivity index (χ1) is 14.4. The summed E-state index contributed by atoms with van der Waals surface area (Å²) in [5.74, 6) is -1.54. The van der Waals surface area contributed by atoms with Crippen LogP contribution in [0.5, 0.6) is 0 Å². The van der Waals surface area contributed by atoms with Gasteiger partial charge in [0.2, 0.25) is 0 Å². The number of halogens is 2. The number of hydrogen-bond donors (Lipinski definition) is 0. The molecule has 0 saturated heterocycles. The molecule has 1 aliphatic rings. The van der Waals surface area contributed by atoms with E-state index in [2.05, 4.69) is 6.92 Å². The zero-order valence-corrected chi connectivity index (χ0v) is 18.3. The summed E-state index contributed by atoms with van der Waals surface area (Å²) in [4.78, 5) is 38.9. The number of nitrogens with zero attached hydrogens (tertiary/aromatic N) is 1. The Morgan fingerprint density at radius 3 is 2.33 bits per heavy atom. The summed E-state index contributed by atoms with van der Waals surface area (Å²) in [6.45, 7) is 2.50. The van der Waals surface area contributed by atoms with E-state index >= 15 is 0 Å². The van der Waals surface area contributed by atoms with Crippen molar-refractivity contribution in [2.24, 2.45) is 0 Å². The summed E-state index contributed by atoms with van der Waals surface area (Å²) < 4.78 is 5.32. The molecular formula is C23H23Cl2NO4. The first-order valence-electron chi connectivity index (χ1n) is 10.1. The van der Waals surface area contributed by atoms with Gasteiger partial charge in [0.15, 0.2) is 0 Å². The molecule has 0 unspecified atom stereocenters. The van der Waals surface area contributed by atoms with Gasteiger partial charge in [-0.1, -0.05) is 62.2 Å². The summed E-state index contributed by atoms with van der Waals surface area (Å²) >= 11 is 12.1. The van der Waals surface area contributed by atoms with Crippen molar-refractivity contribution in [3.05, 3.63) is 63.1 Å². The Bertz CT molecular complexity index is 974. The number of fused-ring (bicyclic) bond motifs is 1. The highest BCUT2D eigenvalue weighted by atomic mass is 35.5. The quantitative estimate of drug-likeness (QED) is 0.256. The summed E-state index contributed by atoms with van der Waals surface area (Å²) in [7, 11) is 0. The van der Waals surface area contributed by atoms with Crippen molar-refractivity contribution in [1.29, 1.82) is 0 Å². The van der Waals surface area contributed by atoms with Crippen LogP contribution in [0.25, 0.3) is 0 Å². The number of benzene rings is 2. The van der Waals surface area contributed by atoms with Crippen LogP contribution in [0, 0.1) is 0 Å². The number of carbonyl (C=O) groups is 3. The van der Waals surface area contributed by atoms with E-state index in [-0.39, 0.29) is 27.4 Å². The molecule has 7 heteroatoms. The van der Waals surface area contributed by atoms with Crippen molar-refractivity contribution in [1.82, 2.24) is 0 Å². The van der Waals surface area contributed by atoms with Crippen molar-refractivity contribution < 1.29 is 19.1 Å². The second kappa shape index (κ2) is 10.1. The smallest absolute Gasteiger partial charge is 0.338 e. The highest BCUT2D eigenvalue weighted by molar-refractivity contribution is 6.41. The molecule has 2 amide bonds. The van der Waals surface area contributed by atoms with Crippen LogP contribution in [0.4, 0.5) is 5.69 Å². The minimum absolute atomic E-state index is 0.153. The molecule has 0 radical (unpaired) electrons. The van der Waals surface area contributed by atoms with Crippen molar-refractivity contribution >= 4 is 46.7 Å². The molecule has 2 aromatic carbocycles.